The Labute approximate surface area is 139 Å². The lowest BCUT2D eigenvalue weighted by Gasteiger charge is -2.14. The normalized spacial score (nSPS) is 10.8. The molecular weight excluding hydrogens is 310 g/mol. The number of hydrogen-bond donors (Lipinski definition) is 1. The molecule has 2 nitrogen and oxygen atoms in total. The molecule has 0 fully saturated rings. The van der Waals surface area contributed by atoms with E-state index in [2.05, 4.69) is 0 Å². The van der Waals surface area contributed by atoms with Crippen molar-refractivity contribution in [3.05, 3.63) is 59.9 Å². The van der Waals surface area contributed by atoms with Crippen LogP contribution in [0.2, 0.25) is 0 Å². The molecule has 3 rings (SSSR count). The van der Waals surface area contributed by atoms with Gasteiger partial charge >= 0.3 is 7.69 Å². The molecule has 0 saturated carbocycles. The highest BCUT2D eigenvalue weighted by atomic mass is 32.2. The van der Waals surface area contributed by atoms with Gasteiger partial charge in [0.15, 0.2) is 0 Å². The van der Waals surface area contributed by atoms with E-state index >= 15 is 0 Å². The molecule has 3 aromatic carbocycles. The molecule has 0 spiro atoms. The summed E-state index contributed by atoms with van der Waals surface area (Å²) in [6, 6.07) is 14.6. The van der Waals surface area contributed by atoms with Crippen LogP contribution in [-0.4, -0.2) is 19.0 Å². The van der Waals surface area contributed by atoms with Gasteiger partial charge in [-0.15, -0.1) is 11.8 Å². The molecule has 0 heterocycles. The molecule has 5 heteroatoms. The first-order chi connectivity index (χ1) is 11.2. The van der Waals surface area contributed by atoms with Gasteiger partial charge in [-0.3, -0.25) is 0 Å². The van der Waals surface area contributed by atoms with Crippen LogP contribution in [0.15, 0.2) is 53.4 Å². The third kappa shape index (κ3) is 2.94. The second-order valence-corrected chi connectivity index (χ2v) is 6.01. The van der Waals surface area contributed by atoms with Crippen LogP contribution in [0.3, 0.4) is 0 Å². The minimum Gasteiger partial charge on any atom is -0.537 e. The highest BCUT2D eigenvalue weighted by molar-refractivity contribution is 7.98. The van der Waals surface area contributed by atoms with Crippen LogP contribution in [-0.2, 0) is 0 Å². The summed E-state index contributed by atoms with van der Waals surface area (Å²) in [6.45, 7) is 1.94. The standard InChI is InChI=1S/C18H15BFO2S/c1-11-14-10-18(23-2)15(13-5-3-4-6-16(13)20)9-12(14)7-8-17(11)22-19-21/h3-10,21H,1-2H3. The third-order valence-electron chi connectivity index (χ3n) is 3.90. The summed E-state index contributed by atoms with van der Waals surface area (Å²) in [6.07, 6.45) is 1.97. The largest absolute Gasteiger partial charge is 0.569 e. The number of benzene rings is 3. The lowest BCUT2D eigenvalue weighted by atomic mass is 9.98. The van der Waals surface area contributed by atoms with Crippen molar-refractivity contribution in [1.82, 2.24) is 0 Å². The van der Waals surface area contributed by atoms with Crippen molar-refractivity contribution in [2.24, 2.45) is 0 Å². The Morgan fingerprint density at radius 2 is 1.87 bits per heavy atom. The maximum atomic E-state index is 14.2. The first kappa shape index (κ1) is 15.9. The summed E-state index contributed by atoms with van der Waals surface area (Å²) in [5, 5.41) is 10.9. The second kappa shape index (κ2) is 6.65. The van der Waals surface area contributed by atoms with Crippen LogP contribution in [0.25, 0.3) is 21.9 Å². The maximum absolute atomic E-state index is 14.2. The van der Waals surface area contributed by atoms with Crippen molar-refractivity contribution in [1.29, 1.82) is 0 Å². The molecule has 0 aromatic heterocycles. The molecule has 0 amide bonds. The Morgan fingerprint density at radius 1 is 1.09 bits per heavy atom. The zero-order chi connectivity index (χ0) is 16.4. The predicted molar refractivity (Wildman–Crippen MR) is 94.5 cm³/mol. The second-order valence-electron chi connectivity index (χ2n) is 5.17. The monoisotopic (exact) mass is 325 g/mol. The van der Waals surface area contributed by atoms with Gasteiger partial charge in [0.25, 0.3) is 0 Å². The molecule has 0 bridgehead atoms. The topological polar surface area (TPSA) is 29.5 Å². The first-order valence-electron chi connectivity index (χ1n) is 7.14. The molecular formula is C18H15BFO2S. The minimum atomic E-state index is -0.228. The zero-order valence-corrected chi connectivity index (χ0v) is 13.7. The summed E-state index contributed by atoms with van der Waals surface area (Å²) in [4.78, 5) is 0.996. The molecule has 23 heavy (non-hydrogen) atoms. The number of fused-ring (bicyclic) bond motifs is 1. The van der Waals surface area contributed by atoms with Crippen LogP contribution in [0.4, 0.5) is 4.39 Å². The molecule has 0 aliphatic carbocycles. The van der Waals surface area contributed by atoms with Crippen LogP contribution < -0.4 is 4.65 Å². The van der Waals surface area contributed by atoms with E-state index in [1.54, 1.807) is 30.0 Å². The van der Waals surface area contributed by atoms with Crippen molar-refractivity contribution in [2.75, 3.05) is 6.26 Å². The SMILES string of the molecule is CSc1cc2c(C)c(O[B]O)ccc2cc1-c1ccccc1F. The van der Waals surface area contributed by atoms with Crippen molar-refractivity contribution in [2.45, 2.75) is 11.8 Å². The average molecular weight is 325 g/mol. The van der Waals surface area contributed by atoms with Crippen LogP contribution in [0.5, 0.6) is 5.75 Å². The summed E-state index contributed by atoms with van der Waals surface area (Å²) >= 11 is 1.58. The summed E-state index contributed by atoms with van der Waals surface area (Å²) in [5.74, 6) is 0.374. The van der Waals surface area contributed by atoms with Gasteiger partial charge in [0.2, 0.25) is 0 Å². The Morgan fingerprint density at radius 3 is 2.57 bits per heavy atom. The smallest absolute Gasteiger partial charge is 0.537 e. The van der Waals surface area contributed by atoms with E-state index in [4.69, 9.17) is 9.68 Å². The van der Waals surface area contributed by atoms with E-state index < -0.39 is 0 Å². The van der Waals surface area contributed by atoms with E-state index in [1.165, 1.54) is 6.07 Å². The number of aryl methyl sites for hydroxylation is 1. The average Bonchev–Trinajstić information content (AvgIpc) is 2.57. The molecule has 0 saturated heterocycles. The van der Waals surface area contributed by atoms with Crippen molar-refractivity contribution >= 4 is 30.2 Å². The van der Waals surface area contributed by atoms with Gasteiger partial charge in [-0.1, -0.05) is 24.3 Å². The molecule has 3 aromatic rings. The van der Waals surface area contributed by atoms with Gasteiger partial charge in [0, 0.05) is 10.5 Å². The highest BCUT2D eigenvalue weighted by Crippen LogP contribution is 2.38. The molecule has 0 aliphatic rings. The molecule has 0 unspecified atom stereocenters. The summed E-state index contributed by atoms with van der Waals surface area (Å²) < 4.78 is 19.3. The lowest BCUT2D eigenvalue weighted by Crippen LogP contribution is -2.01. The van der Waals surface area contributed by atoms with Gasteiger partial charge in [-0.25, -0.2) is 4.39 Å². The number of rotatable bonds is 4. The third-order valence-corrected chi connectivity index (χ3v) is 4.68. The number of hydrogen-bond acceptors (Lipinski definition) is 3. The Balaban J connectivity index is 2.25. The Kier molecular flexibility index (Phi) is 4.60. The highest BCUT2D eigenvalue weighted by Gasteiger charge is 2.13. The van der Waals surface area contributed by atoms with Gasteiger partial charge in [0.1, 0.15) is 11.6 Å². The Hall–Kier alpha value is -1.98. The Bertz CT molecular complexity index is 867. The van der Waals surface area contributed by atoms with Gasteiger partial charge in [-0.2, -0.15) is 0 Å². The van der Waals surface area contributed by atoms with Crippen LogP contribution in [0, 0.1) is 12.7 Å². The van der Waals surface area contributed by atoms with E-state index in [-0.39, 0.29) is 5.82 Å². The summed E-state index contributed by atoms with van der Waals surface area (Å²) in [5.41, 5.74) is 2.41. The first-order valence-corrected chi connectivity index (χ1v) is 8.37. The van der Waals surface area contributed by atoms with Crippen molar-refractivity contribution < 1.29 is 14.1 Å². The fourth-order valence-electron chi connectivity index (χ4n) is 2.73. The maximum Gasteiger partial charge on any atom is 0.569 e. The number of thioether (sulfide) groups is 1. The molecule has 115 valence electrons. The van der Waals surface area contributed by atoms with E-state index in [0.717, 1.165) is 26.8 Å². The van der Waals surface area contributed by atoms with Gasteiger partial charge in [-0.05, 0) is 59.3 Å². The molecule has 1 N–H and O–H groups in total. The molecule has 1 radical (unpaired) electrons. The van der Waals surface area contributed by atoms with Gasteiger partial charge < -0.3 is 9.68 Å². The van der Waals surface area contributed by atoms with Crippen LogP contribution >= 0.6 is 11.8 Å². The minimum absolute atomic E-state index is 0.228. The van der Waals surface area contributed by atoms with Crippen molar-refractivity contribution in [3.8, 4) is 16.9 Å². The molecule has 0 atom stereocenters. The van der Waals surface area contributed by atoms with E-state index in [1.807, 2.05) is 37.4 Å². The van der Waals surface area contributed by atoms with E-state index in [9.17, 15) is 4.39 Å². The van der Waals surface area contributed by atoms with E-state index in [0.29, 0.717) is 19.0 Å². The lowest BCUT2D eigenvalue weighted by molar-refractivity contribution is 0.452. The van der Waals surface area contributed by atoms with Crippen molar-refractivity contribution in [3.63, 3.8) is 0 Å². The predicted octanol–water partition coefficient (Wildman–Crippen LogP) is 4.58. The fourth-order valence-corrected chi connectivity index (χ4v) is 3.35. The molecule has 0 aliphatic heterocycles. The summed E-state index contributed by atoms with van der Waals surface area (Å²) in [7, 11) is 0.678. The van der Waals surface area contributed by atoms with Gasteiger partial charge in [0.05, 0.1) is 0 Å². The fraction of sp³-hybridized carbons (Fsp3) is 0.111. The quantitative estimate of drug-likeness (QED) is 0.562. The zero-order valence-electron chi connectivity index (χ0n) is 12.8. The van der Waals surface area contributed by atoms with Crippen LogP contribution in [0.1, 0.15) is 5.56 Å². The number of halogens is 1.